The highest BCUT2D eigenvalue weighted by Gasteiger charge is 2.36. The fourth-order valence-electron chi connectivity index (χ4n) is 1.88. The quantitative estimate of drug-likeness (QED) is 0.627. The average molecular weight is 356 g/mol. The summed E-state index contributed by atoms with van der Waals surface area (Å²) in [5.41, 5.74) is 0.214. The monoisotopic (exact) mass is 356 g/mol. The number of rotatable bonds is 2. The minimum absolute atomic E-state index is 0.0920. The predicted octanol–water partition coefficient (Wildman–Crippen LogP) is 1.75. The lowest BCUT2D eigenvalue weighted by Gasteiger charge is -2.13. The molecule has 0 amide bonds. The number of halogens is 3. The maximum absolute atomic E-state index is 13.8. The Kier molecular flexibility index (Phi) is 3.96. The summed E-state index contributed by atoms with van der Waals surface area (Å²) in [4.78, 5) is 0. The number of ether oxygens (including phenoxy) is 1. The van der Waals surface area contributed by atoms with Crippen LogP contribution in [0.4, 0.5) is 8.78 Å². The Balaban J connectivity index is 2.28. The summed E-state index contributed by atoms with van der Waals surface area (Å²) in [5, 5.41) is 18.5. The second kappa shape index (κ2) is 5.13. The molecule has 0 spiro atoms. The van der Waals surface area contributed by atoms with E-state index in [4.69, 9.17) is 9.84 Å². The molecule has 1 aromatic rings. The minimum atomic E-state index is -0.827. The number of benzene rings is 1. The molecule has 2 N–H and O–H groups in total. The molecule has 94 valence electrons. The molecule has 0 aromatic heterocycles. The van der Waals surface area contributed by atoms with E-state index in [1.807, 2.05) is 0 Å². The Morgan fingerprint density at radius 1 is 1.41 bits per heavy atom. The van der Waals surface area contributed by atoms with Crippen molar-refractivity contribution in [2.75, 3.05) is 6.61 Å². The number of hydrogen-bond acceptors (Lipinski definition) is 3. The molecule has 0 unspecified atom stereocenters. The van der Waals surface area contributed by atoms with E-state index in [2.05, 4.69) is 0 Å². The van der Waals surface area contributed by atoms with Crippen molar-refractivity contribution >= 4 is 22.6 Å². The number of aliphatic hydroxyl groups excluding tert-OH is 2. The SMILES string of the molecule is OC[C@H]1O[C@@H](c2ccc(F)c(I)c2F)C[C@@H]1O. The molecular formula is C11H11F2IO3. The van der Waals surface area contributed by atoms with Crippen LogP contribution >= 0.6 is 22.6 Å². The molecule has 3 atom stereocenters. The Labute approximate surface area is 111 Å². The molecule has 1 aliphatic heterocycles. The van der Waals surface area contributed by atoms with Gasteiger partial charge < -0.3 is 14.9 Å². The zero-order valence-electron chi connectivity index (χ0n) is 8.74. The van der Waals surface area contributed by atoms with Gasteiger partial charge in [0.25, 0.3) is 0 Å². The molecule has 1 fully saturated rings. The van der Waals surface area contributed by atoms with E-state index in [1.165, 1.54) is 12.1 Å². The normalized spacial score (nSPS) is 28.6. The molecule has 1 aromatic carbocycles. The van der Waals surface area contributed by atoms with Crippen LogP contribution in [0.2, 0.25) is 0 Å². The molecular weight excluding hydrogens is 345 g/mol. The van der Waals surface area contributed by atoms with Crippen LogP contribution in [0.15, 0.2) is 12.1 Å². The van der Waals surface area contributed by atoms with Gasteiger partial charge in [0, 0.05) is 12.0 Å². The first-order chi connectivity index (χ1) is 8.04. The first-order valence-corrected chi connectivity index (χ1v) is 6.20. The third-order valence-electron chi connectivity index (χ3n) is 2.82. The first kappa shape index (κ1) is 13.1. The lowest BCUT2D eigenvalue weighted by Crippen LogP contribution is -2.24. The molecule has 0 aliphatic carbocycles. The van der Waals surface area contributed by atoms with Crippen LogP contribution in [0.5, 0.6) is 0 Å². The second-order valence-electron chi connectivity index (χ2n) is 3.91. The highest BCUT2D eigenvalue weighted by atomic mass is 127. The third kappa shape index (κ3) is 2.44. The predicted molar refractivity (Wildman–Crippen MR) is 64.4 cm³/mol. The van der Waals surface area contributed by atoms with Gasteiger partial charge in [-0.05, 0) is 28.7 Å². The lowest BCUT2D eigenvalue weighted by atomic mass is 10.0. The van der Waals surface area contributed by atoms with Gasteiger partial charge in [0.1, 0.15) is 17.7 Å². The van der Waals surface area contributed by atoms with Gasteiger partial charge >= 0.3 is 0 Å². The van der Waals surface area contributed by atoms with Crippen molar-refractivity contribution in [1.29, 1.82) is 0 Å². The van der Waals surface area contributed by atoms with E-state index in [0.29, 0.717) is 0 Å². The highest BCUT2D eigenvalue weighted by molar-refractivity contribution is 14.1. The van der Waals surface area contributed by atoms with Crippen molar-refractivity contribution in [1.82, 2.24) is 0 Å². The Hall–Kier alpha value is -0.310. The third-order valence-corrected chi connectivity index (χ3v) is 3.80. The fraction of sp³-hybridized carbons (Fsp3) is 0.455. The summed E-state index contributed by atoms with van der Waals surface area (Å²) >= 11 is 1.58. The Morgan fingerprint density at radius 3 is 2.71 bits per heavy atom. The van der Waals surface area contributed by atoms with Gasteiger partial charge in [-0.15, -0.1) is 0 Å². The second-order valence-corrected chi connectivity index (χ2v) is 4.99. The smallest absolute Gasteiger partial charge is 0.145 e. The standard InChI is InChI=1S/C11H11F2IO3/c12-6-2-1-5(10(13)11(6)14)8-3-7(16)9(4-15)17-8/h1-2,7-9,15-16H,3-4H2/t7-,8+,9+/m0/s1. The maximum Gasteiger partial charge on any atom is 0.145 e. The van der Waals surface area contributed by atoms with Gasteiger partial charge in [-0.2, -0.15) is 0 Å². The molecule has 1 saturated heterocycles. The van der Waals surface area contributed by atoms with Gasteiger partial charge in [-0.25, -0.2) is 8.78 Å². The topological polar surface area (TPSA) is 49.7 Å². The molecule has 3 nitrogen and oxygen atoms in total. The zero-order valence-corrected chi connectivity index (χ0v) is 10.9. The van der Waals surface area contributed by atoms with E-state index in [1.54, 1.807) is 22.6 Å². The fourth-order valence-corrected chi connectivity index (χ4v) is 2.37. The van der Waals surface area contributed by atoms with Gasteiger partial charge in [-0.1, -0.05) is 6.07 Å². The maximum atomic E-state index is 13.8. The first-order valence-electron chi connectivity index (χ1n) is 5.12. The van der Waals surface area contributed by atoms with Crippen molar-refractivity contribution in [3.63, 3.8) is 0 Å². The van der Waals surface area contributed by atoms with E-state index in [0.717, 1.165) is 0 Å². The lowest BCUT2D eigenvalue weighted by molar-refractivity contribution is -0.0234. The average Bonchev–Trinajstić information content (AvgIpc) is 2.67. The van der Waals surface area contributed by atoms with E-state index in [-0.39, 0.29) is 22.2 Å². The van der Waals surface area contributed by atoms with Crippen LogP contribution in [0.3, 0.4) is 0 Å². The van der Waals surface area contributed by atoms with Gasteiger partial charge in [0.05, 0.1) is 22.4 Å². The summed E-state index contributed by atoms with van der Waals surface area (Å²) in [6.45, 7) is -0.322. The van der Waals surface area contributed by atoms with Crippen LogP contribution in [0, 0.1) is 15.2 Å². The Bertz CT molecular complexity index is 427. The van der Waals surface area contributed by atoms with Crippen LogP contribution in [-0.2, 0) is 4.74 Å². The van der Waals surface area contributed by atoms with E-state index < -0.39 is 29.9 Å². The van der Waals surface area contributed by atoms with E-state index in [9.17, 15) is 13.9 Å². The molecule has 1 aliphatic rings. The van der Waals surface area contributed by atoms with Gasteiger partial charge in [0.15, 0.2) is 0 Å². The molecule has 0 bridgehead atoms. The van der Waals surface area contributed by atoms with Crippen molar-refractivity contribution in [3.05, 3.63) is 32.9 Å². The molecule has 0 saturated carbocycles. The summed E-state index contributed by atoms with van der Waals surface area (Å²) in [6.07, 6.45) is -1.98. The van der Waals surface area contributed by atoms with Crippen LogP contribution < -0.4 is 0 Å². The number of hydrogen-bond donors (Lipinski definition) is 2. The van der Waals surface area contributed by atoms with Crippen molar-refractivity contribution in [2.24, 2.45) is 0 Å². The zero-order chi connectivity index (χ0) is 12.6. The van der Waals surface area contributed by atoms with Crippen molar-refractivity contribution in [3.8, 4) is 0 Å². The van der Waals surface area contributed by atoms with Crippen LogP contribution in [0.25, 0.3) is 0 Å². The van der Waals surface area contributed by atoms with Crippen molar-refractivity contribution in [2.45, 2.75) is 24.7 Å². The number of aliphatic hydroxyl groups is 2. The summed E-state index contributed by atoms with van der Waals surface area (Å²) in [7, 11) is 0. The van der Waals surface area contributed by atoms with Gasteiger partial charge in [-0.3, -0.25) is 0 Å². The molecule has 6 heteroatoms. The van der Waals surface area contributed by atoms with Crippen molar-refractivity contribution < 1.29 is 23.7 Å². The van der Waals surface area contributed by atoms with Crippen LogP contribution in [0.1, 0.15) is 18.1 Å². The van der Waals surface area contributed by atoms with E-state index >= 15 is 0 Å². The molecule has 0 radical (unpaired) electrons. The highest BCUT2D eigenvalue weighted by Crippen LogP contribution is 2.35. The molecule has 2 rings (SSSR count). The minimum Gasteiger partial charge on any atom is -0.394 e. The molecule has 1 heterocycles. The molecule has 17 heavy (non-hydrogen) atoms. The van der Waals surface area contributed by atoms with Crippen LogP contribution in [-0.4, -0.2) is 29.0 Å². The Morgan fingerprint density at radius 2 is 2.12 bits per heavy atom. The summed E-state index contributed by atoms with van der Waals surface area (Å²) in [6, 6.07) is 2.48. The largest absolute Gasteiger partial charge is 0.394 e. The summed E-state index contributed by atoms with van der Waals surface area (Å²) in [5.74, 6) is -1.29. The van der Waals surface area contributed by atoms with Gasteiger partial charge in [0.2, 0.25) is 0 Å². The summed E-state index contributed by atoms with van der Waals surface area (Å²) < 4.78 is 32.1.